The fraction of sp³-hybridized carbons (Fsp3) is 0.333. The molecule has 0 spiro atoms. The fourth-order valence-electron chi connectivity index (χ4n) is 2.95. The van der Waals surface area contributed by atoms with Crippen LogP contribution in [0.15, 0.2) is 24.9 Å². The number of aromatic nitrogens is 4. The number of hydrogen-bond acceptors (Lipinski definition) is 4. The minimum Gasteiger partial charge on any atom is -0.479 e. The summed E-state index contributed by atoms with van der Waals surface area (Å²) in [6, 6.07) is 0. The highest BCUT2D eigenvalue weighted by atomic mass is 127. The molecule has 1 aliphatic carbocycles. The van der Waals surface area contributed by atoms with Crippen LogP contribution in [0.3, 0.4) is 0 Å². The summed E-state index contributed by atoms with van der Waals surface area (Å²) in [6.07, 6.45) is 10.4. The van der Waals surface area contributed by atoms with Gasteiger partial charge in [-0.05, 0) is 24.3 Å². The molecule has 0 saturated heterocycles. The summed E-state index contributed by atoms with van der Waals surface area (Å²) in [5.74, 6) is 1.31. The normalized spacial score (nSPS) is 14.7. The molecule has 7 heteroatoms. The van der Waals surface area contributed by atoms with Crippen molar-refractivity contribution in [3.63, 3.8) is 0 Å². The van der Waals surface area contributed by atoms with E-state index in [0.717, 1.165) is 11.2 Å². The van der Waals surface area contributed by atoms with Crippen molar-refractivity contribution >= 4 is 41.2 Å². The van der Waals surface area contributed by atoms with Crippen LogP contribution in [0.4, 0.5) is 0 Å². The first-order chi connectivity index (χ1) is 10.7. The van der Waals surface area contributed by atoms with Crippen molar-refractivity contribution < 1.29 is 4.74 Å². The van der Waals surface area contributed by atoms with Crippen LogP contribution in [0.2, 0.25) is 0 Å². The van der Waals surface area contributed by atoms with Crippen molar-refractivity contribution in [3.8, 4) is 17.1 Å². The number of imidazole rings is 1. The highest BCUT2D eigenvalue weighted by Gasteiger charge is 2.30. The maximum atomic E-state index is 5.51. The Morgan fingerprint density at radius 1 is 1.36 bits per heavy atom. The van der Waals surface area contributed by atoms with E-state index in [-0.39, 0.29) is 0 Å². The van der Waals surface area contributed by atoms with Crippen molar-refractivity contribution in [2.45, 2.75) is 18.8 Å². The quantitative estimate of drug-likeness (QED) is 0.588. The molecule has 22 heavy (non-hydrogen) atoms. The van der Waals surface area contributed by atoms with Crippen molar-refractivity contribution in [1.29, 1.82) is 0 Å². The first-order valence-electron chi connectivity index (χ1n) is 7.08. The van der Waals surface area contributed by atoms with Gasteiger partial charge in [-0.2, -0.15) is 0 Å². The van der Waals surface area contributed by atoms with Gasteiger partial charge in [-0.3, -0.25) is 3.97 Å². The second kappa shape index (κ2) is 5.45. The molecule has 1 fully saturated rings. The fourth-order valence-corrected chi connectivity index (χ4v) is 4.27. The molecule has 0 aromatic carbocycles. The zero-order valence-electron chi connectivity index (χ0n) is 12.3. The van der Waals surface area contributed by atoms with E-state index in [4.69, 9.17) is 4.74 Å². The van der Waals surface area contributed by atoms with Crippen molar-refractivity contribution in [1.82, 2.24) is 18.5 Å². The average Bonchev–Trinajstić information content (AvgIpc) is 3.19. The van der Waals surface area contributed by atoms with Crippen LogP contribution in [-0.4, -0.2) is 25.6 Å². The molecule has 0 unspecified atom stereocenters. The molecule has 114 valence electrons. The van der Waals surface area contributed by atoms with Gasteiger partial charge in [-0.25, -0.2) is 9.97 Å². The molecule has 0 N–H and O–H groups in total. The number of nitrogens with zero attached hydrogens (tertiary/aromatic N) is 4. The summed E-state index contributed by atoms with van der Waals surface area (Å²) >= 11 is 2.29. The minimum atomic E-state index is 0.628. The first kappa shape index (κ1) is 14.4. The minimum absolute atomic E-state index is 0.628. The Labute approximate surface area is 144 Å². The van der Waals surface area contributed by atoms with Gasteiger partial charge in [-0.1, -0.05) is 0 Å². The van der Waals surface area contributed by atoms with E-state index < -0.39 is 0 Å². The number of methoxy groups -OCH3 is 1. The lowest BCUT2D eigenvalue weighted by Gasteiger charge is -2.08. The number of aryl methyl sites for hydroxylation is 1. The van der Waals surface area contributed by atoms with Gasteiger partial charge in [0.2, 0.25) is 5.88 Å². The molecule has 5 nitrogen and oxygen atoms in total. The number of rotatable bonds is 4. The molecular weight excluding hydrogens is 411 g/mol. The molecule has 0 atom stereocenters. The molecule has 0 radical (unpaired) electrons. The van der Waals surface area contributed by atoms with E-state index in [9.17, 15) is 0 Å². The summed E-state index contributed by atoms with van der Waals surface area (Å²) in [7, 11) is 5.33. The highest BCUT2D eigenvalue weighted by Crippen LogP contribution is 2.48. The third kappa shape index (κ3) is 2.13. The van der Waals surface area contributed by atoms with Gasteiger partial charge in [0.25, 0.3) is 0 Å². The first-order valence-corrected chi connectivity index (χ1v) is 10.4. The monoisotopic (exact) mass is 426 g/mol. The molecule has 0 aliphatic heterocycles. The van der Waals surface area contributed by atoms with Gasteiger partial charge in [0, 0.05) is 60.7 Å². The lowest BCUT2D eigenvalue weighted by molar-refractivity contribution is 0.402. The Morgan fingerprint density at radius 3 is 2.77 bits per heavy atom. The SMILES string of the molecule is COc1ncc(C2CC2)c2c(-c3cncn3C)cn(SI)c12. The van der Waals surface area contributed by atoms with Crippen LogP contribution in [-0.2, 0) is 7.05 Å². The second-order valence-electron chi connectivity index (χ2n) is 5.55. The molecule has 0 amide bonds. The largest absolute Gasteiger partial charge is 0.479 e. The van der Waals surface area contributed by atoms with Gasteiger partial charge in [0.1, 0.15) is 5.52 Å². The average molecular weight is 426 g/mol. The number of hydrogen-bond donors (Lipinski definition) is 0. The summed E-state index contributed by atoms with van der Waals surface area (Å²) in [5, 5.41) is 1.25. The Hall–Kier alpha value is -1.22. The Bertz CT molecular complexity index is 853. The number of pyridine rings is 1. The second-order valence-corrected chi connectivity index (χ2v) is 7.26. The third-order valence-corrected chi connectivity index (χ3v) is 5.87. The van der Waals surface area contributed by atoms with Crippen molar-refractivity contribution in [3.05, 3.63) is 30.5 Å². The van der Waals surface area contributed by atoms with Gasteiger partial charge in [0.15, 0.2) is 0 Å². The lowest BCUT2D eigenvalue weighted by atomic mass is 10.0. The van der Waals surface area contributed by atoms with Crippen molar-refractivity contribution in [2.75, 3.05) is 7.11 Å². The number of halogens is 1. The zero-order valence-corrected chi connectivity index (χ0v) is 15.3. The summed E-state index contributed by atoms with van der Waals surface area (Å²) in [5.41, 5.74) is 4.70. The van der Waals surface area contributed by atoms with E-state index in [1.807, 2.05) is 25.8 Å². The highest BCUT2D eigenvalue weighted by molar-refractivity contribution is 14.2. The third-order valence-electron chi connectivity index (χ3n) is 4.16. The standard InChI is InChI=1S/C15H15IN4OS/c1-19-8-17-6-12(19)11-7-20(22-16)14-13(11)10(9-3-4-9)5-18-15(14)21-2/h5-9H,3-4H2,1-2H3. The molecule has 1 saturated carbocycles. The predicted molar refractivity (Wildman–Crippen MR) is 97.5 cm³/mol. The maximum Gasteiger partial charge on any atom is 0.239 e. The van der Waals surface area contributed by atoms with Gasteiger partial charge < -0.3 is 9.30 Å². The Balaban J connectivity index is 2.10. The van der Waals surface area contributed by atoms with E-state index in [0.29, 0.717) is 11.8 Å². The van der Waals surface area contributed by atoms with Crippen LogP contribution in [0, 0.1) is 0 Å². The molecule has 0 bridgehead atoms. The maximum absolute atomic E-state index is 5.51. The van der Waals surface area contributed by atoms with Crippen LogP contribution in [0.1, 0.15) is 24.3 Å². The van der Waals surface area contributed by atoms with E-state index >= 15 is 0 Å². The Morgan fingerprint density at radius 2 is 2.18 bits per heavy atom. The molecule has 4 rings (SSSR count). The molecular formula is C15H15IN4OS. The Kier molecular flexibility index (Phi) is 3.56. The van der Waals surface area contributed by atoms with Crippen LogP contribution >= 0.6 is 30.3 Å². The van der Waals surface area contributed by atoms with Gasteiger partial charge in [0.05, 0.1) is 25.3 Å². The van der Waals surface area contributed by atoms with Gasteiger partial charge >= 0.3 is 0 Å². The summed E-state index contributed by atoms with van der Waals surface area (Å²) in [6.45, 7) is 0. The lowest BCUT2D eigenvalue weighted by Crippen LogP contribution is -1.95. The predicted octanol–water partition coefficient (Wildman–Crippen LogP) is 4.17. The summed E-state index contributed by atoms with van der Waals surface area (Å²) in [4.78, 5) is 8.80. The molecule has 1 aliphatic rings. The topological polar surface area (TPSA) is 44.9 Å². The van der Waals surface area contributed by atoms with Crippen LogP contribution < -0.4 is 4.74 Å². The van der Waals surface area contributed by atoms with E-state index in [1.54, 1.807) is 16.2 Å². The van der Waals surface area contributed by atoms with Gasteiger partial charge in [-0.15, -0.1) is 0 Å². The van der Waals surface area contributed by atoms with Crippen molar-refractivity contribution in [2.24, 2.45) is 7.05 Å². The zero-order chi connectivity index (χ0) is 15.3. The molecule has 3 aromatic heterocycles. The summed E-state index contributed by atoms with van der Waals surface area (Å²) < 4.78 is 9.71. The van der Waals surface area contributed by atoms with E-state index in [2.05, 4.69) is 45.9 Å². The number of fused-ring (bicyclic) bond motifs is 1. The van der Waals surface area contributed by atoms with Crippen LogP contribution in [0.5, 0.6) is 5.88 Å². The van der Waals surface area contributed by atoms with Crippen LogP contribution in [0.25, 0.3) is 22.2 Å². The molecule has 3 heterocycles. The number of ether oxygens (including phenoxy) is 1. The smallest absolute Gasteiger partial charge is 0.239 e. The molecule has 3 aromatic rings. The van der Waals surface area contributed by atoms with E-state index in [1.165, 1.54) is 29.4 Å².